The van der Waals surface area contributed by atoms with Crippen LogP contribution in [0.5, 0.6) is 0 Å². The summed E-state index contributed by atoms with van der Waals surface area (Å²) in [6, 6.07) is 0. The highest BCUT2D eigenvalue weighted by Gasteiger charge is 2.24. The molecule has 106 valence electrons. The maximum Gasteiger partial charge on any atom is 0.252 e. The van der Waals surface area contributed by atoms with Crippen molar-refractivity contribution in [1.82, 2.24) is 10.3 Å². The molecule has 1 amide bonds. The molecule has 0 bridgehead atoms. The highest BCUT2D eigenvalue weighted by Crippen LogP contribution is 2.34. The SMILES string of the molecule is Cc1nc2c(s1)CCC[C@H]2CNC(=O)c1cscc1C. The summed E-state index contributed by atoms with van der Waals surface area (Å²) in [5, 5.41) is 8.15. The van der Waals surface area contributed by atoms with Gasteiger partial charge < -0.3 is 5.32 Å². The molecule has 2 aromatic rings. The Labute approximate surface area is 127 Å². The average Bonchev–Trinajstić information content (AvgIpc) is 3.00. The van der Waals surface area contributed by atoms with Gasteiger partial charge in [0.05, 0.1) is 16.3 Å². The lowest BCUT2D eigenvalue weighted by Crippen LogP contribution is -2.30. The minimum absolute atomic E-state index is 0.0443. The van der Waals surface area contributed by atoms with E-state index in [-0.39, 0.29) is 5.91 Å². The zero-order valence-electron chi connectivity index (χ0n) is 11.7. The highest BCUT2D eigenvalue weighted by atomic mass is 32.1. The Morgan fingerprint density at radius 1 is 1.45 bits per heavy atom. The predicted molar refractivity (Wildman–Crippen MR) is 83.9 cm³/mol. The van der Waals surface area contributed by atoms with Crippen LogP contribution in [-0.2, 0) is 6.42 Å². The van der Waals surface area contributed by atoms with E-state index in [4.69, 9.17) is 0 Å². The fourth-order valence-electron chi connectivity index (χ4n) is 2.73. The number of rotatable bonds is 3. The van der Waals surface area contributed by atoms with Gasteiger partial charge in [0.15, 0.2) is 0 Å². The molecule has 1 aliphatic carbocycles. The molecule has 0 unspecified atom stereocenters. The number of thiophene rings is 1. The normalized spacial score (nSPS) is 17.8. The first-order valence-corrected chi connectivity index (χ1v) is 8.68. The number of carbonyl (C=O) groups is 1. The van der Waals surface area contributed by atoms with Crippen molar-refractivity contribution in [2.24, 2.45) is 0 Å². The maximum absolute atomic E-state index is 12.2. The van der Waals surface area contributed by atoms with Crippen molar-refractivity contribution >= 4 is 28.6 Å². The van der Waals surface area contributed by atoms with Crippen LogP contribution in [0, 0.1) is 13.8 Å². The minimum atomic E-state index is 0.0443. The van der Waals surface area contributed by atoms with Gasteiger partial charge >= 0.3 is 0 Å². The first-order valence-electron chi connectivity index (χ1n) is 6.92. The van der Waals surface area contributed by atoms with Crippen LogP contribution in [0.2, 0.25) is 0 Å². The lowest BCUT2D eigenvalue weighted by Gasteiger charge is -2.21. The molecule has 1 N–H and O–H groups in total. The molecule has 3 nitrogen and oxygen atoms in total. The zero-order chi connectivity index (χ0) is 14.1. The minimum Gasteiger partial charge on any atom is -0.351 e. The van der Waals surface area contributed by atoms with E-state index >= 15 is 0 Å². The number of hydrogen-bond acceptors (Lipinski definition) is 4. The Morgan fingerprint density at radius 2 is 2.30 bits per heavy atom. The summed E-state index contributed by atoms with van der Waals surface area (Å²) >= 11 is 3.38. The quantitative estimate of drug-likeness (QED) is 0.940. The molecule has 1 aliphatic rings. The molecule has 2 heterocycles. The molecule has 5 heteroatoms. The van der Waals surface area contributed by atoms with Crippen LogP contribution in [0.1, 0.15) is 50.3 Å². The van der Waals surface area contributed by atoms with Gasteiger partial charge in [-0.2, -0.15) is 11.3 Å². The molecular weight excluding hydrogens is 288 g/mol. The fourth-order valence-corrected chi connectivity index (χ4v) is 4.62. The second-order valence-corrected chi connectivity index (χ2v) is 7.34. The van der Waals surface area contributed by atoms with Crippen LogP contribution < -0.4 is 5.32 Å². The van der Waals surface area contributed by atoms with Gasteiger partial charge in [0.25, 0.3) is 5.91 Å². The van der Waals surface area contributed by atoms with Crippen molar-refractivity contribution in [1.29, 1.82) is 0 Å². The molecule has 0 fully saturated rings. The molecule has 3 rings (SSSR count). The Balaban J connectivity index is 1.68. The van der Waals surface area contributed by atoms with Gasteiger partial charge in [0, 0.05) is 22.7 Å². The summed E-state index contributed by atoms with van der Waals surface area (Å²) in [4.78, 5) is 18.2. The van der Waals surface area contributed by atoms with Gasteiger partial charge in [-0.25, -0.2) is 4.98 Å². The number of aromatic nitrogens is 1. The van der Waals surface area contributed by atoms with E-state index in [9.17, 15) is 4.79 Å². The van der Waals surface area contributed by atoms with Crippen molar-refractivity contribution < 1.29 is 4.79 Å². The largest absolute Gasteiger partial charge is 0.351 e. The number of nitrogens with zero attached hydrogens (tertiary/aromatic N) is 1. The number of fused-ring (bicyclic) bond motifs is 1. The predicted octanol–water partition coefficient (Wildman–Crippen LogP) is 3.67. The van der Waals surface area contributed by atoms with Gasteiger partial charge in [-0.1, -0.05) is 0 Å². The summed E-state index contributed by atoms with van der Waals surface area (Å²) < 4.78 is 0. The molecular formula is C15H18N2OS2. The summed E-state index contributed by atoms with van der Waals surface area (Å²) in [5.74, 6) is 0.425. The molecule has 0 saturated carbocycles. The number of carbonyl (C=O) groups excluding carboxylic acids is 1. The first-order chi connectivity index (χ1) is 9.65. The first kappa shape index (κ1) is 13.8. The number of aryl methyl sites for hydroxylation is 3. The van der Waals surface area contributed by atoms with Crippen LogP contribution in [0.3, 0.4) is 0 Å². The Kier molecular flexibility index (Phi) is 3.89. The second kappa shape index (κ2) is 5.66. The van der Waals surface area contributed by atoms with Crippen LogP contribution >= 0.6 is 22.7 Å². The van der Waals surface area contributed by atoms with Gasteiger partial charge in [-0.3, -0.25) is 4.79 Å². The Morgan fingerprint density at radius 3 is 3.05 bits per heavy atom. The average molecular weight is 306 g/mol. The van der Waals surface area contributed by atoms with E-state index in [0.29, 0.717) is 12.5 Å². The fraction of sp³-hybridized carbons (Fsp3) is 0.467. The number of amides is 1. The number of hydrogen-bond donors (Lipinski definition) is 1. The molecule has 0 saturated heterocycles. The summed E-state index contributed by atoms with van der Waals surface area (Å²) in [5.41, 5.74) is 3.09. The van der Waals surface area contributed by atoms with E-state index in [1.54, 1.807) is 22.7 Å². The van der Waals surface area contributed by atoms with Crippen LogP contribution in [0.25, 0.3) is 0 Å². The third-order valence-corrected chi connectivity index (χ3v) is 5.69. The van der Waals surface area contributed by atoms with E-state index in [1.165, 1.54) is 17.0 Å². The summed E-state index contributed by atoms with van der Waals surface area (Å²) in [7, 11) is 0. The van der Waals surface area contributed by atoms with Crippen molar-refractivity contribution in [3.63, 3.8) is 0 Å². The van der Waals surface area contributed by atoms with Gasteiger partial charge in [0.1, 0.15) is 0 Å². The monoisotopic (exact) mass is 306 g/mol. The van der Waals surface area contributed by atoms with E-state index < -0.39 is 0 Å². The second-order valence-electron chi connectivity index (χ2n) is 5.31. The Bertz CT molecular complexity index is 630. The Hall–Kier alpha value is -1.20. The summed E-state index contributed by atoms with van der Waals surface area (Å²) in [6.07, 6.45) is 3.47. The van der Waals surface area contributed by atoms with Gasteiger partial charge in [0.2, 0.25) is 0 Å². The molecule has 0 aliphatic heterocycles. The molecule has 0 radical (unpaired) electrons. The van der Waals surface area contributed by atoms with Crippen molar-refractivity contribution in [2.45, 2.75) is 39.0 Å². The van der Waals surface area contributed by atoms with Crippen LogP contribution in [-0.4, -0.2) is 17.4 Å². The van der Waals surface area contributed by atoms with E-state index in [2.05, 4.69) is 17.2 Å². The molecule has 0 aromatic carbocycles. The van der Waals surface area contributed by atoms with Crippen molar-refractivity contribution in [3.05, 3.63) is 37.5 Å². The van der Waals surface area contributed by atoms with Crippen molar-refractivity contribution in [3.8, 4) is 0 Å². The smallest absolute Gasteiger partial charge is 0.252 e. The molecule has 20 heavy (non-hydrogen) atoms. The molecule has 2 aromatic heterocycles. The van der Waals surface area contributed by atoms with Crippen molar-refractivity contribution in [2.75, 3.05) is 6.54 Å². The topological polar surface area (TPSA) is 42.0 Å². The maximum atomic E-state index is 12.2. The van der Waals surface area contributed by atoms with E-state index in [1.807, 2.05) is 17.7 Å². The molecule has 1 atom stereocenters. The standard InChI is InChI=1S/C15H18N2OS2/c1-9-7-19-8-12(9)15(18)16-6-11-4-3-5-13-14(11)17-10(2)20-13/h7-8,11H,3-6H2,1-2H3,(H,16,18)/t11-/m0/s1. The lowest BCUT2D eigenvalue weighted by atomic mass is 9.91. The third-order valence-electron chi connectivity index (χ3n) is 3.79. The number of thiazole rings is 1. The third kappa shape index (κ3) is 2.65. The summed E-state index contributed by atoms with van der Waals surface area (Å²) in [6.45, 7) is 4.74. The van der Waals surface area contributed by atoms with Crippen LogP contribution in [0.15, 0.2) is 10.8 Å². The molecule has 0 spiro atoms. The number of nitrogens with one attached hydrogen (secondary N) is 1. The van der Waals surface area contributed by atoms with Gasteiger partial charge in [-0.15, -0.1) is 11.3 Å². The zero-order valence-corrected chi connectivity index (χ0v) is 13.4. The highest BCUT2D eigenvalue weighted by molar-refractivity contribution is 7.11. The van der Waals surface area contributed by atoms with E-state index in [0.717, 1.165) is 29.0 Å². The lowest BCUT2D eigenvalue weighted by molar-refractivity contribution is 0.0950. The van der Waals surface area contributed by atoms with Crippen LogP contribution in [0.4, 0.5) is 0 Å². The van der Waals surface area contributed by atoms with Gasteiger partial charge in [-0.05, 0) is 44.1 Å².